The quantitative estimate of drug-likeness (QED) is 0.152. The standard InChI is InChI=1S/C28H31N3O4/c1-3-5-19-29(20-6-4-2)26-16-14-25(15-17-26)24-12-9-22(10-13-24)7-8-23-11-18-27(30(32)33)28(21-23)31(34)35/h7-18,21H,3-6,19-20H2,1-2H3. The van der Waals surface area contributed by atoms with Crippen molar-refractivity contribution in [1.29, 1.82) is 0 Å². The number of unbranched alkanes of at least 4 members (excludes halogenated alkanes) is 2. The van der Waals surface area contributed by atoms with Gasteiger partial charge in [-0.1, -0.05) is 75.2 Å². The van der Waals surface area contributed by atoms with E-state index in [9.17, 15) is 20.2 Å². The zero-order chi connectivity index (χ0) is 25.2. The van der Waals surface area contributed by atoms with Gasteiger partial charge < -0.3 is 4.90 Å². The van der Waals surface area contributed by atoms with E-state index >= 15 is 0 Å². The highest BCUT2D eigenvalue weighted by Crippen LogP contribution is 2.29. The van der Waals surface area contributed by atoms with E-state index in [0.717, 1.165) is 35.8 Å². The Morgan fingerprint density at radius 1 is 0.686 bits per heavy atom. The largest absolute Gasteiger partial charge is 0.372 e. The third-order valence-corrected chi connectivity index (χ3v) is 5.90. The molecule has 0 heterocycles. The molecule has 0 aliphatic heterocycles. The molecular weight excluding hydrogens is 442 g/mol. The van der Waals surface area contributed by atoms with Crippen LogP contribution in [0.2, 0.25) is 0 Å². The molecule has 0 radical (unpaired) electrons. The molecule has 3 aromatic carbocycles. The maximum Gasteiger partial charge on any atom is 0.346 e. The van der Waals surface area contributed by atoms with E-state index in [4.69, 9.17) is 0 Å². The molecule has 0 fully saturated rings. The summed E-state index contributed by atoms with van der Waals surface area (Å²) in [6.07, 6.45) is 8.28. The van der Waals surface area contributed by atoms with Crippen LogP contribution in [0.15, 0.2) is 66.7 Å². The predicted molar refractivity (Wildman–Crippen MR) is 143 cm³/mol. The van der Waals surface area contributed by atoms with Gasteiger partial charge in [0.15, 0.2) is 0 Å². The second kappa shape index (κ2) is 12.5. The maximum absolute atomic E-state index is 11.2. The summed E-state index contributed by atoms with van der Waals surface area (Å²) in [7, 11) is 0. The van der Waals surface area contributed by atoms with Crippen LogP contribution in [0, 0.1) is 20.2 Å². The number of anilines is 1. The van der Waals surface area contributed by atoms with Gasteiger partial charge >= 0.3 is 11.4 Å². The highest BCUT2D eigenvalue weighted by atomic mass is 16.6. The van der Waals surface area contributed by atoms with Gasteiger partial charge in [0.2, 0.25) is 0 Å². The Morgan fingerprint density at radius 3 is 1.69 bits per heavy atom. The van der Waals surface area contributed by atoms with Crippen molar-refractivity contribution in [1.82, 2.24) is 0 Å². The third kappa shape index (κ3) is 6.99. The summed E-state index contributed by atoms with van der Waals surface area (Å²) < 4.78 is 0. The van der Waals surface area contributed by atoms with Crippen LogP contribution in [0.1, 0.15) is 50.7 Å². The maximum atomic E-state index is 11.2. The van der Waals surface area contributed by atoms with E-state index < -0.39 is 21.2 Å². The first kappa shape index (κ1) is 25.6. The summed E-state index contributed by atoms with van der Waals surface area (Å²) in [6.45, 7) is 6.59. The van der Waals surface area contributed by atoms with Gasteiger partial charge in [0.25, 0.3) is 0 Å². The molecule has 0 aromatic heterocycles. The van der Waals surface area contributed by atoms with Crippen LogP contribution in [0.5, 0.6) is 0 Å². The lowest BCUT2D eigenvalue weighted by atomic mass is 10.0. The summed E-state index contributed by atoms with van der Waals surface area (Å²) in [5, 5.41) is 22.1. The number of nitrogens with zero attached hydrogens (tertiary/aromatic N) is 3. The van der Waals surface area contributed by atoms with Gasteiger partial charge in [-0.2, -0.15) is 0 Å². The topological polar surface area (TPSA) is 89.5 Å². The van der Waals surface area contributed by atoms with Gasteiger partial charge in [-0.15, -0.1) is 0 Å². The minimum absolute atomic E-state index is 0.513. The molecule has 0 atom stereocenters. The predicted octanol–water partition coefficient (Wildman–Crippen LogP) is 7.75. The normalized spacial score (nSPS) is 11.0. The summed E-state index contributed by atoms with van der Waals surface area (Å²) in [4.78, 5) is 23.1. The van der Waals surface area contributed by atoms with Crippen molar-refractivity contribution >= 4 is 29.2 Å². The molecule has 7 heteroatoms. The molecular formula is C28H31N3O4. The molecule has 35 heavy (non-hydrogen) atoms. The van der Waals surface area contributed by atoms with Gasteiger partial charge in [-0.05, 0) is 53.3 Å². The Kier molecular flexibility index (Phi) is 9.12. The Balaban J connectivity index is 1.72. The SMILES string of the molecule is CCCCN(CCCC)c1ccc(-c2ccc(C=Cc3ccc([N+](=O)[O-])c([N+](=O)[O-])c3)cc2)cc1. The van der Waals surface area contributed by atoms with Crippen molar-refractivity contribution in [2.75, 3.05) is 18.0 Å². The highest BCUT2D eigenvalue weighted by Gasteiger charge is 2.23. The lowest BCUT2D eigenvalue weighted by Crippen LogP contribution is -2.25. The van der Waals surface area contributed by atoms with Crippen molar-refractivity contribution in [3.63, 3.8) is 0 Å². The number of benzene rings is 3. The van der Waals surface area contributed by atoms with E-state index in [1.165, 1.54) is 43.5 Å². The number of nitro groups is 2. The lowest BCUT2D eigenvalue weighted by Gasteiger charge is -2.25. The first-order chi connectivity index (χ1) is 16.9. The number of rotatable bonds is 12. The first-order valence-corrected chi connectivity index (χ1v) is 12.0. The summed E-state index contributed by atoms with van der Waals surface area (Å²) in [5.41, 5.74) is 3.93. The van der Waals surface area contributed by atoms with Gasteiger partial charge in [0.1, 0.15) is 0 Å². The fourth-order valence-electron chi connectivity index (χ4n) is 3.86. The summed E-state index contributed by atoms with van der Waals surface area (Å²) in [5.74, 6) is 0. The fourth-order valence-corrected chi connectivity index (χ4v) is 3.86. The Labute approximate surface area is 206 Å². The van der Waals surface area contributed by atoms with Crippen LogP contribution < -0.4 is 4.90 Å². The van der Waals surface area contributed by atoms with E-state index in [0.29, 0.717) is 5.56 Å². The second-order valence-corrected chi connectivity index (χ2v) is 8.46. The molecule has 0 saturated carbocycles. The van der Waals surface area contributed by atoms with Crippen molar-refractivity contribution < 1.29 is 9.85 Å². The van der Waals surface area contributed by atoms with Gasteiger partial charge in [0, 0.05) is 30.9 Å². The molecule has 3 rings (SSSR count). The van der Waals surface area contributed by atoms with Crippen LogP contribution in [0.25, 0.3) is 23.3 Å². The average Bonchev–Trinajstić information content (AvgIpc) is 2.88. The van der Waals surface area contributed by atoms with Gasteiger partial charge in [-0.3, -0.25) is 20.2 Å². The zero-order valence-electron chi connectivity index (χ0n) is 20.2. The monoisotopic (exact) mass is 473 g/mol. The molecule has 0 aliphatic carbocycles. The molecule has 0 aliphatic rings. The third-order valence-electron chi connectivity index (χ3n) is 5.90. The highest BCUT2D eigenvalue weighted by molar-refractivity contribution is 5.74. The molecule has 182 valence electrons. The summed E-state index contributed by atoms with van der Waals surface area (Å²) >= 11 is 0. The van der Waals surface area contributed by atoms with E-state index in [1.807, 2.05) is 30.3 Å². The van der Waals surface area contributed by atoms with Crippen LogP contribution in [0.3, 0.4) is 0 Å². The second-order valence-electron chi connectivity index (χ2n) is 8.46. The zero-order valence-corrected chi connectivity index (χ0v) is 20.2. The van der Waals surface area contributed by atoms with Crippen molar-refractivity contribution in [2.45, 2.75) is 39.5 Å². The van der Waals surface area contributed by atoms with Gasteiger partial charge in [-0.25, -0.2) is 0 Å². The minimum Gasteiger partial charge on any atom is -0.372 e. The Bertz CT molecular complexity index is 1160. The molecule has 0 spiro atoms. The summed E-state index contributed by atoms with van der Waals surface area (Å²) in [6, 6.07) is 20.6. The molecule has 0 unspecified atom stereocenters. The average molecular weight is 474 g/mol. The lowest BCUT2D eigenvalue weighted by molar-refractivity contribution is -0.422. The van der Waals surface area contributed by atoms with Crippen molar-refractivity contribution in [3.05, 3.63) is 98.1 Å². The Hall–Kier alpha value is -4.00. The number of hydrogen-bond acceptors (Lipinski definition) is 5. The smallest absolute Gasteiger partial charge is 0.346 e. The van der Waals surface area contributed by atoms with Crippen LogP contribution >= 0.6 is 0 Å². The molecule has 3 aromatic rings. The number of nitro benzene ring substituents is 2. The van der Waals surface area contributed by atoms with Crippen LogP contribution in [0.4, 0.5) is 17.1 Å². The number of hydrogen-bond donors (Lipinski definition) is 0. The molecule has 0 saturated heterocycles. The van der Waals surface area contributed by atoms with Crippen molar-refractivity contribution in [3.8, 4) is 11.1 Å². The fraction of sp³-hybridized carbons (Fsp3) is 0.286. The molecule has 0 amide bonds. The molecule has 0 N–H and O–H groups in total. The van der Waals surface area contributed by atoms with E-state index in [2.05, 4.69) is 43.0 Å². The van der Waals surface area contributed by atoms with Gasteiger partial charge in [0.05, 0.1) is 9.85 Å². The van der Waals surface area contributed by atoms with E-state index in [-0.39, 0.29) is 0 Å². The Morgan fingerprint density at radius 2 is 1.17 bits per heavy atom. The van der Waals surface area contributed by atoms with Crippen LogP contribution in [-0.4, -0.2) is 22.9 Å². The van der Waals surface area contributed by atoms with Crippen LogP contribution in [-0.2, 0) is 0 Å². The van der Waals surface area contributed by atoms with E-state index in [1.54, 1.807) is 6.08 Å². The molecule has 7 nitrogen and oxygen atoms in total. The van der Waals surface area contributed by atoms with Crippen molar-refractivity contribution in [2.24, 2.45) is 0 Å². The first-order valence-electron chi connectivity index (χ1n) is 12.0. The molecule has 0 bridgehead atoms. The minimum atomic E-state index is -0.745.